The maximum Gasteiger partial charge on any atom is 0.256 e. The van der Waals surface area contributed by atoms with Crippen molar-refractivity contribution in [3.63, 3.8) is 0 Å². The van der Waals surface area contributed by atoms with E-state index < -0.39 is 0 Å². The first-order valence-electron chi connectivity index (χ1n) is 8.22. The molecule has 0 bridgehead atoms. The minimum absolute atomic E-state index is 0.160. The number of nitrogens with zero attached hydrogens (tertiary/aromatic N) is 1. The largest absolute Gasteiger partial charge is 0.322 e. The van der Waals surface area contributed by atoms with Gasteiger partial charge in [0.1, 0.15) is 6.07 Å². The minimum atomic E-state index is -0.160. The number of nitriles is 1. The maximum atomic E-state index is 12.8. The van der Waals surface area contributed by atoms with Gasteiger partial charge in [-0.25, -0.2) is 0 Å². The fourth-order valence-corrected chi connectivity index (χ4v) is 3.78. The Morgan fingerprint density at radius 3 is 2.23 bits per heavy atom. The van der Waals surface area contributed by atoms with E-state index in [0.29, 0.717) is 11.1 Å². The molecule has 0 spiro atoms. The van der Waals surface area contributed by atoms with Crippen molar-refractivity contribution < 1.29 is 4.79 Å². The summed E-state index contributed by atoms with van der Waals surface area (Å²) in [6.07, 6.45) is 0. The van der Waals surface area contributed by atoms with Crippen LogP contribution in [0.5, 0.6) is 0 Å². The Kier molecular flexibility index (Phi) is 5.40. The summed E-state index contributed by atoms with van der Waals surface area (Å²) in [6, 6.07) is 23.0. The van der Waals surface area contributed by atoms with E-state index in [1.54, 1.807) is 12.1 Å². The molecule has 0 aromatic heterocycles. The molecule has 3 nitrogen and oxygen atoms in total. The standard InChI is InChI=1S/C22H18N2OS/c1-15-11-16(2)13-18(12-15)24-22(25)19-8-4-6-10-21(19)26-20-9-5-3-7-17(20)14-23/h3-13H,1-2H3,(H,24,25). The zero-order valence-corrected chi connectivity index (χ0v) is 15.4. The first-order chi connectivity index (χ1) is 12.6. The van der Waals surface area contributed by atoms with E-state index in [2.05, 4.69) is 17.5 Å². The Bertz CT molecular complexity index is 985. The second-order valence-corrected chi connectivity index (χ2v) is 7.12. The normalized spacial score (nSPS) is 10.2. The number of benzene rings is 3. The van der Waals surface area contributed by atoms with E-state index in [4.69, 9.17) is 0 Å². The lowest BCUT2D eigenvalue weighted by Crippen LogP contribution is -2.13. The van der Waals surface area contributed by atoms with Crippen molar-refractivity contribution >= 4 is 23.4 Å². The van der Waals surface area contributed by atoms with Gasteiger partial charge in [-0.3, -0.25) is 4.79 Å². The van der Waals surface area contributed by atoms with Crippen molar-refractivity contribution in [2.24, 2.45) is 0 Å². The zero-order chi connectivity index (χ0) is 18.5. The van der Waals surface area contributed by atoms with Crippen LogP contribution >= 0.6 is 11.8 Å². The first-order valence-corrected chi connectivity index (χ1v) is 9.04. The molecule has 1 amide bonds. The molecule has 0 atom stereocenters. The molecular formula is C22H18N2OS. The lowest BCUT2D eigenvalue weighted by molar-refractivity contribution is 0.102. The second-order valence-electron chi connectivity index (χ2n) is 6.04. The summed E-state index contributed by atoms with van der Waals surface area (Å²) in [5.41, 5.74) is 4.17. The molecule has 128 valence electrons. The fraction of sp³-hybridized carbons (Fsp3) is 0.0909. The maximum absolute atomic E-state index is 12.8. The van der Waals surface area contributed by atoms with Crippen LogP contribution in [-0.4, -0.2) is 5.91 Å². The van der Waals surface area contributed by atoms with E-state index in [9.17, 15) is 10.1 Å². The smallest absolute Gasteiger partial charge is 0.256 e. The highest BCUT2D eigenvalue weighted by Gasteiger charge is 2.14. The summed E-state index contributed by atoms with van der Waals surface area (Å²) in [5.74, 6) is -0.160. The lowest BCUT2D eigenvalue weighted by Gasteiger charge is -2.11. The van der Waals surface area contributed by atoms with Gasteiger partial charge in [-0.05, 0) is 61.4 Å². The van der Waals surface area contributed by atoms with Crippen LogP contribution < -0.4 is 5.32 Å². The van der Waals surface area contributed by atoms with Crippen molar-refractivity contribution in [2.75, 3.05) is 5.32 Å². The average Bonchev–Trinajstić information content (AvgIpc) is 2.61. The van der Waals surface area contributed by atoms with Crippen molar-refractivity contribution in [2.45, 2.75) is 23.6 Å². The Morgan fingerprint density at radius 2 is 1.54 bits per heavy atom. The topological polar surface area (TPSA) is 52.9 Å². The van der Waals surface area contributed by atoms with Crippen LogP contribution in [0.3, 0.4) is 0 Å². The molecule has 0 radical (unpaired) electrons. The molecule has 0 aliphatic heterocycles. The zero-order valence-electron chi connectivity index (χ0n) is 14.6. The van der Waals surface area contributed by atoms with Crippen LogP contribution in [0.25, 0.3) is 0 Å². The number of hydrogen-bond donors (Lipinski definition) is 1. The van der Waals surface area contributed by atoms with Crippen LogP contribution in [-0.2, 0) is 0 Å². The summed E-state index contributed by atoms with van der Waals surface area (Å²) < 4.78 is 0. The molecule has 0 heterocycles. The quantitative estimate of drug-likeness (QED) is 0.662. The van der Waals surface area contributed by atoms with Crippen LogP contribution in [0.4, 0.5) is 5.69 Å². The number of rotatable bonds is 4. The molecule has 3 aromatic rings. The second kappa shape index (κ2) is 7.90. The van der Waals surface area contributed by atoms with Crippen molar-refractivity contribution in [1.82, 2.24) is 0 Å². The van der Waals surface area contributed by atoms with E-state index in [1.807, 2.05) is 62.4 Å². The molecule has 0 saturated heterocycles. The minimum Gasteiger partial charge on any atom is -0.322 e. The van der Waals surface area contributed by atoms with Crippen LogP contribution in [0.15, 0.2) is 76.5 Å². The van der Waals surface area contributed by atoms with Crippen LogP contribution in [0.2, 0.25) is 0 Å². The Morgan fingerprint density at radius 1 is 0.923 bits per heavy atom. The third-order valence-corrected chi connectivity index (χ3v) is 4.99. The van der Waals surface area contributed by atoms with E-state index in [1.165, 1.54) is 11.8 Å². The molecule has 0 aliphatic carbocycles. The summed E-state index contributed by atoms with van der Waals surface area (Å²) in [6.45, 7) is 4.01. The fourth-order valence-electron chi connectivity index (χ4n) is 2.75. The SMILES string of the molecule is Cc1cc(C)cc(NC(=O)c2ccccc2Sc2ccccc2C#N)c1. The molecule has 0 saturated carbocycles. The van der Waals surface area contributed by atoms with E-state index in [-0.39, 0.29) is 5.91 Å². The van der Waals surface area contributed by atoms with Gasteiger partial charge in [0.25, 0.3) is 5.91 Å². The monoisotopic (exact) mass is 358 g/mol. The average molecular weight is 358 g/mol. The van der Waals surface area contributed by atoms with Gasteiger partial charge in [-0.1, -0.05) is 42.1 Å². The highest BCUT2D eigenvalue weighted by molar-refractivity contribution is 7.99. The molecule has 0 fully saturated rings. The van der Waals surface area contributed by atoms with Gasteiger partial charge >= 0.3 is 0 Å². The van der Waals surface area contributed by atoms with Crippen LogP contribution in [0, 0.1) is 25.2 Å². The molecule has 1 N–H and O–H groups in total. The van der Waals surface area contributed by atoms with Crippen LogP contribution in [0.1, 0.15) is 27.0 Å². The summed E-state index contributed by atoms with van der Waals surface area (Å²) in [5, 5.41) is 12.3. The number of carbonyl (C=O) groups excluding carboxylic acids is 1. The first kappa shape index (κ1) is 17.8. The molecule has 3 aromatic carbocycles. The van der Waals surface area contributed by atoms with Gasteiger partial charge in [-0.2, -0.15) is 5.26 Å². The Balaban J connectivity index is 1.89. The van der Waals surface area contributed by atoms with Gasteiger partial charge in [0, 0.05) is 15.5 Å². The van der Waals surface area contributed by atoms with Gasteiger partial charge in [-0.15, -0.1) is 0 Å². The molecular weight excluding hydrogens is 340 g/mol. The van der Waals surface area contributed by atoms with Gasteiger partial charge < -0.3 is 5.32 Å². The molecule has 4 heteroatoms. The lowest BCUT2D eigenvalue weighted by atomic mass is 10.1. The predicted octanol–water partition coefficient (Wildman–Crippen LogP) is 5.58. The van der Waals surface area contributed by atoms with E-state index >= 15 is 0 Å². The summed E-state index contributed by atoms with van der Waals surface area (Å²) in [7, 11) is 0. The molecule has 3 rings (SSSR count). The number of carbonyl (C=O) groups is 1. The van der Waals surface area contributed by atoms with Gasteiger partial charge in [0.2, 0.25) is 0 Å². The summed E-state index contributed by atoms with van der Waals surface area (Å²) >= 11 is 1.43. The Labute approximate surface area is 157 Å². The van der Waals surface area contributed by atoms with Crippen molar-refractivity contribution in [3.8, 4) is 6.07 Å². The van der Waals surface area contributed by atoms with Gasteiger partial charge in [0.15, 0.2) is 0 Å². The third kappa shape index (κ3) is 4.14. The molecule has 0 unspecified atom stereocenters. The molecule has 0 aliphatic rings. The predicted molar refractivity (Wildman–Crippen MR) is 106 cm³/mol. The summed E-state index contributed by atoms with van der Waals surface area (Å²) in [4.78, 5) is 14.5. The number of hydrogen-bond acceptors (Lipinski definition) is 3. The number of nitrogens with one attached hydrogen (secondary N) is 1. The number of anilines is 1. The van der Waals surface area contributed by atoms with E-state index in [0.717, 1.165) is 26.6 Å². The number of amides is 1. The van der Waals surface area contributed by atoms with Crippen molar-refractivity contribution in [3.05, 3.63) is 89.0 Å². The highest BCUT2D eigenvalue weighted by Crippen LogP contribution is 2.33. The molecule has 26 heavy (non-hydrogen) atoms. The highest BCUT2D eigenvalue weighted by atomic mass is 32.2. The van der Waals surface area contributed by atoms with Crippen molar-refractivity contribution in [1.29, 1.82) is 5.26 Å². The third-order valence-electron chi connectivity index (χ3n) is 3.84. The number of aryl methyl sites for hydroxylation is 2. The van der Waals surface area contributed by atoms with Gasteiger partial charge in [0.05, 0.1) is 11.1 Å². The Hall–Kier alpha value is -3.03.